The van der Waals surface area contributed by atoms with Crippen molar-refractivity contribution in [2.45, 2.75) is 40.2 Å². The van der Waals surface area contributed by atoms with Crippen molar-refractivity contribution >= 4 is 0 Å². The highest BCUT2D eigenvalue weighted by molar-refractivity contribution is 4.99. The fourth-order valence-corrected chi connectivity index (χ4v) is 1.70. The molecular weight excluding hydrogens is 210 g/mol. The molecule has 0 aliphatic rings. The van der Waals surface area contributed by atoms with E-state index >= 15 is 0 Å². The van der Waals surface area contributed by atoms with Gasteiger partial charge in [-0.2, -0.15) is 0 Å². The summed E-state index contributed by atoms with van der Waals surface area (Å²) < 4.78 is 2.18. The molecule has 0 unspecified atom stereocenters. The molecule has 0 radical (unpaired) electrons. The van der Waals surface area contributed by atoms with E-state index in [2.05, 4.69) is 47.8 Å². The highest BCUT2D eigenvalue weighted by Crippen LogP contribution is 1.99. The summed E-state index contributed by atoms with van der Waals surface area (Å²) >= 11 is 0. The standard InChI is InChI=1S/C14H25N3/c1-4-17-11-10-16-14(17)8-6-5-7-9-15-12-13(2)3/h5-6,10-11,13,15H,4,7-9,12H2,1-3H3. The summed E-state index contributed by atoms with van der Waals surface area (Å²) in [6.45, 7) is 9.77. The zero-order valence-electron chi connectivity index (χ0n) is 11.3. The van der Waals surface area contributed by atoms with E-state index in [0.717, 1.165) is 44.2 Å². The fraction of sp³-hybridized carbons (Fsp3) is 0.643. The summed E-state index contributed by atoms with van der Waals surface area (Å²) in [5, 5.41) is 3.43. The van der Waals surface area contributed by atoms with E-state index < -0.39 is 0 Å². The first-order valence-electron chi connectivity index (χ1n) is 6.59. The van der Waals surface area contributed by atoms with E-state index in [-0.39, 0.29) is 0 Å². The monoisotopic (exact) mass is 235 g/mol. The molecule has 3 nitrogen and oxygen atoms in total. The Hall–Kier alpha value is -1.09. The summed E-state index contributed by atoms with van der Waals surface area (Å²) in [6, 6.07) is 0. The number of imidazole rings is 1. The first-order valence-corrected chi connectivity index (χ1v) is 6.59. The van der Waals surface area contributed by atoms with Crippen LogP contribution in [0.1, 0.15) is 33.0 Å². The molecule has 0 bridgehead atoms. The van der Waals surface area contributed by atoms with Gasteiger partial charge >= 0.3 is 0 Å². The topological polar surface area (TPSA) is 29.9 Å². The Morgan fingerprint density at radius 2 is 2.24 bits per heavy atom. The molecule has 0 aliphatic carbocycles. The van der Waals surface area contributed by atoms with E-state index in [1.54, 1.807) is 0 Å². The second-order valence-corrected chi connectivity index (χ2v) is 4.69. The first kappa shape index (κ1) is 14.0. The molecule has 3 heteroatoms. The molecule has 0 atom stereocenters. The van der Waals surface area contributed by atoms with Gasteiger partial charge in [-0.3, -0.25) is 0 Å². The highest BCUT2D eigenvalue weighted by atomic mass is 15.0. The predicted octanol–water partition coefficient (Wildman–Crippen LogP) is 2.64. The highest BCUT2D eigenvalue weighted by Gasteiger charge is 1.97. The van der Waals surface area contributed by atoms with E-state index in [9.17, 15) is 0 Å². The molecule has 0 saturated heterocycles. The quantitative estimate of drug-likeness (QED) is 0.554. The number of aryl methyl sites for hydroxylation is 1. The normalized spacial score (nSPS) is 11.8. The maximum absolute atomic E-state index is 4.34. The maximum Gasteiger partial charge on any atom is 0.112 e. The minimum atomic E-state index is 0.732. The molecule has 0 aromatic carbocycles. The molecular formula is C14H25N3. The van der Waals surface area contributed by atoms with E-state index in [0.29, 0.717) is 0 Å². The van der Waals surface area contributed by atoms with Crippen LogP contribution in [-0.2, 0) is 13.0 Å². The SMILES string of the molecule is CCn1ccnc1CC=CCCNCC(C)C. The summed E-state index contributed by atoms with van der Waals surface area (Å²) in [5.41, 5.74) is 0. The Labute approximate surface area is 105 Å². The number of rotatable bonds is 8. The fourth-order valence-electron chi connectivity index (χ4n) is 1.70. The van der Waals surface area contributed by atoms with Gasteiger partial charge in [0.2, 0.25) is 0 Å². The molecule has 1 aromatic heterocycles. The van der Waals surface area contributed by atoms with Gasteiger partial charge in [0, 0.05) is 25.4 Å². The molecule has 1 aromatic rings. The van der Waals surface area contributed by atoms with Crippen molar-refractivity contribution in [1.29, 1.82) is 0 Å². The molecule has 0 aliphatic heterocycles. The van der Waals surface area contributed by atoms with Gasteiger partial charge in [0.1, 0.15) is 5.82 Å². The number of hydrogen-bond donors (Lipinski definition) is 1. The summed E-state index contributed by atoms with van der Waals surface area (Å²) in [7, 11) is 0. The van der Waals surface area contributed by atoms with Crippen molar-refractivity contribution in [3.8, 4) is 0 Å². The van der Waals surface area contributed by atoms with Crippen LogP contribution in [0.5, 0.6) is 0 Å². The maximum atomic E-state index is 4.34. The molecule has 17 heavy (non-hydrogen) atoms. The Kier molecular flexibility index (Phi) is 6.63. The number of allylic oxidation sites excluding steroid dienone is 1. The second kappa shape index (κ2) is 8.07. The summed E-state index contributed by atoms with van der Waals surface area (Å²) in [5.74, 6) is 1.88. The van der Waals surface area contributed by atoms with Crippen molar-refractivity contribution in [1.82, 2.24) is 14.9 Å². The Balaban J connectivity index is 2.14. The number of nitrogens with zero attached hydrogens (tertiary/aromatic N) is 2. The van der Waals surface area contributed by atoms with Gasteiger partial charge in [0.05, 0.1) is 0 Å². The molecule has 1 heterocycles. The van der Waals surface area contributed by atoms with E-state index in [1.807, 2.05) is 12.4 Å². The van der Waals surface area contributed by atoms with Gasteiger partial charge in [0.15, 0.2) is 0 Å². The largest absolute Gasteiger partial charge is 0.335 e. The smallest absolute Gasteiger partial charge is 0.112 e. The van der Waals surface area contributed by atoms with Crippen molar-refractivity contribution in [3.05, 3.63) is 30.4 Å². The van der Waals surface area contributed by atoms with Gasteiger partial charge in [-0.15, -0.1) is 0 Å². The molecule has 0 amide bonds. The predicted molar refractivity (Wildman–Crippen MR) is 73.1 cm³/mol. The van der Waals surface area contributed by atoms with Crippen molar-refractivity contribution in [3.63, 3.8) is 0 Å². The zero-order chi connectivity index (χ0) is 12.5. The van der Waals surface area contributed by atoms with Crippen molar-refractivity contribution in [2.75, 3.05) is 13.1 Å². The number of nitrogens with one attached hydrogen (secondary N) is 1. The molecule has 0 fully saturated rings. The van der Waals surface area contributed by atoms with Crippen LogP contribution in [0.2, 0.25) is 0 Å². The van der Waals surface area contributed by atoms with Crippen molar-refractivity contribution in [2.24, 2.45) is 5.92 Å². The zero-order valence-corrected chi connectivity index (χ0v) is 11.3. The summed E-state index contributed by atoms with van der Waals surface area (Å²) in [6.07, 6.45) is 10.4. The van der Waals surface area contributed by atoms with Crippen LogP contribution in [-0.4, -0.2) is 22.6 Å². The van der Waals surface area contributed by atoms with Crippen LogP contribution in [0.25, 0.3) is 0 Å². The van der Waals surface area contributed by atoms with Crippen LogP contribution in [0, 0.1) is 5.92 Å². The minimum absolute atomic E-state index is 0.732. The lowest BCUT2D eigenvalue weighted by molar-refractivity contribution is 0.556. The Morgan fingerprint density at radius 3 is 2.94 bits per heavy atom. The van der Waals surface area contributed by atoms with Gasteiger partial charge in [-0.25, -0.2) is 4.98 Å². The van der Waals surface area contributed by atoms with Crippen LogP contribution in [0.4, 0.5) is 0 Å². The van der Waals surface area contributed by atoms with Gasteiger partial charge in [0.25, 0.3) is 0 Å². The second-order valence-electron chi connectivity index (χ2n) is 4.69. The minimum Gasteiger partial charge on any atom is -0.335 e. The third-order valence-corrected chi connectivity index (χ3v) is 2.65. The van der Waals surface area contributed by atoms with Crippen LogP contribution in [0.15, 0.2) is 24.5 Å². The Morgan fingerprint density at radius 1 is 1.41 bits per heavy atom. The molecule has 96 valence electrons. The van der Waals surface area contributed by atoms with Gasteiger partial charge in [-0.05, 0) is 32.4 Å². The average Bonchev–Trinajstić information content (AvgIpc) is 2.74. The molecule has 0 spiro atoms. The lowest BCUT2D eigenvalue weighted by atomic mass is 10.2. The van der Waals surface area contributed by atoms with E-state index in [4.69, 9.17) is 0 Å². The first-order chi connectivity index (χ1) is 8.24. The Bertz CT molecular complexity index is 326. The summed E-state index contributed by atoms with van der Waals surface area (Å²) in [4.78, 5) is 4.34. The van der Waals surface area contributed by atoms with Gasteiger partial charge < -0.3 is 9.88 Å². The average molecular weight is 235 g/mol. The third kappa shape index (κ3) is 5.68. The third-order valence-electron chi connectivity index (χ3n) is 2.65. The lowest BCUT2D eigenvalue weighted by Gasteiger charge is -2.05. The van der Waals surface area contributed by atoms with E-state index in [1.165, 1.54) is 0 Å². The van der Waals surface area contributed by atoms with Gasteiger partial charge in [-0.1, -0.05) is 26.0 Å². The molecule has 0 saturated carbocycles. The number of hydrogen-bond acceptors (Lipinski definition) is 2. The lowest BCUT2D eigenvalue weighted by Crippen LogP contribution is -2.20. The number of aromatic nitrogens is 2. The molecule has 1 N–H and O–H groups in total. The van der Waals surface area contributed by atoms with Crippen LogP contribution < -0.4 is 5.32 Å². The van der Waals surface area contributed by atoms with Crippen LogP contribution in [0.3, 0.4) is 0 Å². The van der Waals surface area contributed by atoms with Crippen molar-refractivity contribution < 1.29 is 0 Å². The molecule has 1 rings (SSSR count). The van der Waals surface area contributed by atoms with Crippen LogP contribution >= 0.6 is 0 Å².